The van der Waals surface area contributed by atoms with Gasteiger partial charge in [-0.3, -0.25) is 14.5 Å². The van der Waals surface area contributed by atoms with Crippen LogP contribution in [-0.4, -0.2) is 40.9 Å². The molecule has 0 aliphatic carbocycles. The van der Waals surface area contributed by atoms with E-state index in [-0.39, 0.29) is 18.2 Å². The Morgan fingerprint density at radius 2 is 2.11 bits per heavy atom. The molecule has 18 heavy (non-hydrogen) atoms. The molecule has 0 aromatic carbocycles. The monoisotopic (exact) mass is 267 g/mol. The lowest BCUT2D eigenvalue weighted by Crippen LogP contribution is -2.39. The lowest BCUT2D eigenvalue weighted by Gasteiger charge is -2.25. The smallest absolute Gasteiger partial charge is 0.303 e. The number of hydrogen-bond acceptors (Lipinski definition) is 4. The zero-order valence-corrected chi connectivity index (χ0v) is 11.0. The third kappa shape index (κ3) is 3.17. The Morgan fingerprint density at radius 1 is 1.39 bits per heavy atom. The molecular formula is C13H17NO3S. The van der Waals surface area contributed by atoms with E-state index in [0.29, 0.717) is 6.42 Å². The van der Waals surface area contributed by atoms with Crippen LogP contribution in [0.5, 0.6) is 0 Å². The standard InChI is InChI=1S/C13H17NO3S/c15-12(16)6-5-10(14-7-1-2-8-14)13(17)11-4-3-9-18-11/h3-4,9-10H,1-2,5-8H2,(H,15,16). The summed E-state index contributed by atoms with van der Waals surface area (Å²) in [5.74, 6) is -0.758. The van der Waals surface area contributed by atoms with Crippen molar-refractivity contribution in [1.29, 1.82) is 0 Å². The molecule has 1 aliphatic rings. The number of rotatable bonds is 6. The molecule has 2 rings (SSSR count). The first-order valence-electron chi connectivity index (χ1n) is 6.22. The van der Waals surface area contributed by atoms with Gasteiger partial charge in [-0.25, -0.2) is 0 Å². The molecule has 1 aliphatic heterocycles. The molecule has 0 radical (unpaired) electrons. The van der Waals surface area contributed by atoms with Crippen LogP contribution in [0.4, 0.5) is 0 Å². The van der Waals surface area contributed by atoms with Gasteiger partial charge < -0.3 is 5.11 Å². The topological polar surface area (TPSA) is 57.6 Å². The summed E-state index contributed by atoms with van der Waals surface area (Å²) in [6, 6.07) is 3.41. The number of likely N-dealkylation sites (tertiary alicyclic amines) is 1. The molecule has 1 aromatic rings. The highest BCUT2D eigenvalue weighted by molar-refractivity contribution is 7.12. The third-order valence-corrected chi connectivity index (χ3v) is 4.16. The van der Waals surface area contributed by atoms with Crippen LogP contribution >= 0.6 is 11.3 Å². The van der Waals surface area contributed by atoms with Crippen molar-refractivity contribution in [2.75, 3.05) is 13.1 Å². The van der Waals surface area contributed by atoms with Crippen molar-refractivity contribution in [3.05, 3.63) is 22.4 Å². The maximum absolute atomic E-state index is 12.4. The predicted molar refractivity (Wildman–Crippen MR) is 70.1 cm³/mol. The molecule has 1 saturated heterocycles. The first kappa shape index (κ1) is 13.2. The number of carboxylic acid groups (broad SMARTS) is 1. The molecule has 98 valence electrons. The number of nitrogens with zero attached hydrogens (tertiary/aromatic N) is 1. The maximum atomic E-state index is 12.4. The summed E-state index contributed by atoms with van der Waals surface area (Å²) < 4.78 is 0. The molecule has 0 amide bonds. The third-order valence-electron chi connectivity index (χ3n) is 3.28. The summed E-state index contributed by atoms with van der Waals surface area (Å²) >= 11 is 1.43. The zero-order valence-electron chi connectivity index (χ0n) is 10.2. The minimum Gasteiger partial charge on any atom is -0.481 e. The van der Waals surface area contributed by atoms with Gasteiger partial charge in [0.15, 0.2) is 5.78 Å². The van der Waals surface area contributed by atoms with Gasteiger partial charge in [0.05, 0.1) is 10.9 Å². The molecule has 1 aromatic heterocycles. The van der Waals surface area contributed by atoms with E-state index in [0.717, 1.165) is 30.8 Å². The van der Waals surface area contributed by atoms with Crippen LogP contribution in [0, 0.1) is 0 Å². The van der Waals surface area contributed by atoms with Gasteiger partial charge in [-0.2, -0.15) is 0 Å². The van der Waals surface area contributed by atoms with Gasteiger partial charge in [-0.05, 0) is 43.8 Å². The fourth-order valence-corrected chi connectivity index (χ4v) is 3.09. The Balaban J connectivity index is 2.07. The average Bonchev–Trinajstić information content (AvgIpc) is 3.01. The van der Waals surface area contributed by atoms with E-state index in [2.05, 4.69) is 4.90 Å². The average molecular weight is 267 g/mol. The molecule has 2 heterocycles. The van der Waals surface area contributed by atoms with Crippen molar-refractivity contribution in [1.82, 2.24) is 4.90 Å². The van der Waals surface area contributed by atoms with Crippen LogP contribution in [0.25, 0.3) is 0 Å². The highest BCUT2D eigenvalue weighted by Gasteiger charge is 2.29. The number of carbonyl (C=O) groups is 2. The molecule has 1 unspecified atom stereocenters. The number of ketones is 1. The SMILES string of the molecule is O=C(O)CCC(C(=O)c1cccs1)N1CCCC1. The lowest BCUT2D eigenvalue weighted by atomic mass is 10.0. The Hall–Kier alpha value is -1.20. The molecule has 4 nitrogen and oxygen atoms in total. The summed E-state index contributed by atoms with van der Waals surface area (Å²) in [6.07, 6.45) is 2.66. The summed E-state index contributed by atoms with van der Waals surface area (Å²) in [4.78, 5) is 25.9. The molecule has 1 N–H and O–H groups in total. The fraction of sp³-hybridized carbons (Fsp3) is 0.538. The van der Waals surface area contributed by atoms with Gasteiger partial charge in [-0.1, -0.05) is 6.07 Å². The van der Waals surface area contributed by atoms with Crippen molar-refractivity contribution < 1.29 is 14.7 Å². The van der Waals surface area contributed by atoms with Crippen molar-refractivity contribution in [3.63, 3.8) is 0 Å². The van der Waals surface area contributed by atoms with E-state index in [1.54, 1.807) is 0 Å². The Morgan fingerprint density at radius 3 is 2.67 bits per heavy atom. The van der Waals surface area contributed by atoms with Crippen molar-refractivity contribution in [3.8, 4) is 0 Å². The Bertz CT molecular complexity index is 410. The van der Waals surface area contributed by atoms with Crippen molar-refractivity contribution in [2.24, 2.45) is 0 Å². The number of carbonyl (C=O) groups excluding carboxylic acids is 1. The van der Waals surface area contributed by atoms with Gasteiger partial charge in [0.2, 0.25) is 0 Å². The predicted octanol–water partition coefficient (Wildman–Crippen LogP) is 2.26. The minimum atomic E-state index is -0.835. The molecule has 1 atom stereocenters. The summed E-state index contributed by atoms with van der Waals surface area (Å²) in [5.41, 5.74) is 0. The highest BCUT2D eigenvalue weighted by atomic mass is 32.1. The van der Waals surface area contributed by atoms with E-state index in [4.69, 9.17) is 5.11 Å². The minimum absolute atomic E-state index is 0.0539. The van der Waals surface area contributed by atoms with Crippen molar-refractivity contribution >= 4 is 23.1 Å². The number of thiophene rings is 1. The summed E-state index contributed by atoms with van der Waals surface area (Å²) in [6.45, 7) is 1.81. The first-order chi connectivity index (χ1) is 8.68. The molecule has 5 heteroatoms. The molecular weight excluding hydrogens is 250 g/mol. The quantitative estimate of drug-likeness (QED) is 0.803. The molecule has 1 fully saturated rings. The fourth-order valence-electron chi connectivity index (χ4n) is 2.38. The second kappa shape index (κ2) is 6.11. The number of aliphatic carboxylic acids is 1. The molecule has 0 saturated carbocycles. The van der Waals surface area contributed by atoms with Crippen LogP contribution in [-0.2, 0) is 4.79 Å². The normalized spacial score (nSPS) is 17.8. The van der Waals surface area contributed by atoms with Crippen LogP contribution in [0.15, 0.2) is 17.5 Å². The van der Waals surface area contributed by atoms with Gasteiger partial charge in [0.25, 0.3) is 0 Å². The van der Waals surface area contributed by atoms with Gasteiger partial charge >= 0.3 is 5.97 Å². The van der Waals surface area contributed by atoms with Crippen LogP contribution in [0.2, 0.25) is 0 Å². The van der Waals surface area contributed by atoms with Gasteiger partial charge in [-0.15, -0.1) is 11.3 Å². The number of carboxylic acids is 1. The van der Waals surface area contributed by atoms with E-state index < -0.39 is 5.97 Å². The van der Waals surface area contributed by atoms with Crippen LogP contribution in [0.1, 0.15) is 35.4 Å². The highest BCUT2D eigenvalue weighted by Crippen LogP contribution is 2.21. The molecule has 0 spiro atoms. The maximum Gasteiger partial charge on any atom is 0.303 e. The van der Waals surface area contributed by atoms with E-state index in [1.165, 1.54) is 11.3 Å². The van der Waals surface area contributed by atoms with E-state index >= 15 is 0 Å². The molecule has 0 bridgehead atoms. The number of hydrogen-bond donors (Lipinski definition) is 1. The van der Waals surface area contributed by atoms with E-state index in [9.17, 15) is 9.59 Å². The lowest BCUT2D eigenvalue weighted by molar-refractivity contribution is -0.137. The van der Waals surface area contributed by atoms with Gasteiger partial charge in [0.1, 0.15) is 0 Å². The second-order valence-electron chi connectivity index (χ2n) is 4.53. The van der Waals surface area contributed by atoms with Crippen LogP contribution in [0.3, 0.4) is 0 Å². The Labute approximate surface area is 110 Å². The largest absolute Gasteiger partial charge is 0.481 e. The van der Waals surface area contributed by atoms with E-state index in [1.807, 2.05) is 17.5 Å². The second-order valence-corrected chi connectivity index (χ2v) is 5.48. The summed E-state index contributed by atoms with van der Waals surface area (Å²) in [5, 5.41) is 10.7. The Kier molecular flexibility index (Phi) is 4.49. The van der Waals surface area contributed by atoms with Crippen LogP contribution < -0.4 is 0 Å². The first-order valence-corrected chi connectivity index (χ1v) is 7.10. The van der Waals surface area contributed by atoms with Gasteiger partial charge in [0, 0.05) is 6.42 Å². The van der Waals surface area contributed by atoms with Crippen molar-refractivity contribution in [2.45, 2.75) is 31.7 Å². The summed E-state index contributed by atoms with van der Waals surface area (Å²) in [7, 11) is 0. The number of Topliss-reactive ketones (excluding diaryl/α,β-unsaturated/α-hetero) is 1. The zero-order chi connectivity index (χ0) is 13.0.